The molecular formula is C34H28N2O2. The summed E-state index contributed by atoms with van der Waals surface area (Å²) in [6, 6.07) is 38.8. The molecule has 0 saturated heterocycles. The smallest absolute Gasteiger partial charge is 0.189 e. The molecule has 0 spiro atoms. The molecule has 0 aromatic heterocycles. The number of aliphatic imine (C=N–C) groups is 2. The minimum atomic E-state index is 0.0151. The zero-order valence-electron chi connectivity index (χ0n) is 21.0. The Hall–Kier alpha value is -4.18. The van der Waals surface area contributed by atoms with Gasteiger partial charge in [-0.2, -0.15) is 0 Å². The van der Waals surface area contributed by atoms with E-state index in [2.05, 4.69) is 97.1 Å². The zero-order valence-corrected chi connectivity index (χ0v) is 21.0. The summed E-state index contributed by atoms with van der Waals surface area (Å²) in [5.41, 5.74) is 7.91. The standard InChI is InChI=1S/C34H28N2O2/c1-3-11-21(12-4-1)27-19-37-33(35-27)31-29-23-15-7-9-17-25(23)30(26-18-10-8-16-24(26)29)32(31)34-36-28(20-38-34)22-13-5-2-6-14-22/h1-18,27-32H,19-20H2/t27-,28-,29?,30?,31+,32+/m0/s1. The molecule has 0 radical (unpaired) electrons. The van der Waals surface area contributed by atoms with Crippen LogP contribution in [0, 0.1) is 11.8 Å². The molecule has 4 aromatic carbocycles. The number of fused-ring (bicyclic) bond motifs is 1. The Morgan fingerprint density at radius 3 is 1.16 bits per heavy atom. The average molecular weight is 497 g/mol. The van der Waals surface area contributed by atoms with Crippen LogP contribution in [-0.4, -0.2) is 25.0 Å². The van der Waals surface area contributed by atoms with Gasteiger partial charge in [0, 0.05) is 11.8 Å². The molecule has 5 aliphatic rings. The summed E-state index contributed by atoms with van der Waals surface area (Å²) in [7, 11) is 0. The highest BCUT2D eigenvalue weighted by molar-refractivity contribution is 5.93. The lowest BCUT2D eigenvalue weighted by molar-refractivity contribution is 0.234. The van der Waals surface area contributed by atoms with E-state index >= 15 is 0 Å². The van der Waals surface area contributed by atoms with Crippen molar-refractivity contribution in [2.45, 2.75) is 23.9 Å². The van der Waals surface area contributed by atoms with E-state index in [0.717, 1.165) is 11.8 Å². The molecule has 4 atom stereocenters. The maximum atomic E-state index is 6.48. The quantitative estimate of drug-likeness (QED) is 0.310. The maximum Gasteiger partial charge on any atom is 0.189 e. The van der Waals surface area contributed by atoms with E-state index in [-0.39, 0.29) is 35.8 Å². The molecule has 0 saturated carbocycles. The Balaban J connectivity index is 1.29. The van der Waals surface area contributed by atoms with Crippen molar-refractivity contribution in [2.24, 2.45) is 21.8 Å². The second-order valence-corrected chi connectivity index (χ2v) is 10.7. The van der Waals surface area contributed by atoms with Gasteiger partial charge >= 0.3 is 0 Å². The fraction of sp³-hybridized carbons (Fsp3) is 0.235. The molecule has 9 rings (SSSR count). The van der Waals surface area contributed by atoms with Crippen LogP contribution in [-0.2, 0) is 9.47 Å². The molecule has 2 aliphatic heterocycles. The van der Waals surface area contributed by atoms with Crippen LogP contribution in [0.5, 0.6) is 0 Å². The van der Waals surface area contributed by atoms with Crippen LogP contribution in [0.3, 0.4) is 0 Å². The van der Waals surface area contributed by atoms with Crippen LogP contribution >= 0.6 is 0 Å². The third-order valence-corrected chi connectivity index (χ3v) is 8.72. The van der Waals surface area contributed by atoms with Crippen LogP contribution in [0.4, 0.5) is 0 Å². The van der Waals surface area contributed by atoms with Gasteiger partial charge in [0.1, 0.15) is 25.3 Å². The van der Waals surface area contributed by atoms with E-state index in [9.17, 15) is 0 Å². The topological polar surface area (TPSA) is 43.2 Å². The number of benzene rings is 4. The molecule has 2 bridgehead atoms. The monoisotopic (exact) mass is 496 g/mol. The van der Waals surface area contributed by atoms with Gasteiger partial charge in [0.25, 0.3) is 0 Å². The predicted molar refractivity (Wildman–Crippen MR) is 149 cm³/mol. The Morgan fingerprint density at radius 1 is 0.447 bits per heavy atom. The van der Waals surface area contributed by atoms with Gasteiger partial charge in [-0.15, -0.1) is 0 Å². The summed E-state index contributed by atoms with van der Waals surface area (Å²) in [5, 5.41) is 0. The molecule has 38 heavy (non-hydrogen) atoms. The summed E-state index contributed by atoms with van der Waals surface area (Å²) >= 11 is 0. The first kappa shape index (κ1) is 21.9. The normalized spacial score (nSPS) is 28.5. The first-order valence-electron chi connectivity index (χ1n) is 13.6. The Kier molecular flexibility index (Phi) is 5.00. The van der Waals surface area contributed by atoms with Crippen LogP contribution in [0.15, 0.2) is 119 Å². The second kappa shape index (κ2) is 8.70. The summed E-state index contributed by atoms with van der Waals surface area (Å²) in [6.45, 7) is 1.15. The molecule has 3 aliphatic carbocycles. The molecule has 0 amide bonds. The summed E-state index contributed by atoms with van der Waals surface area (Å²) in [5.74, 6) is 2.05. The Morgan fingerprint density at radius 2 is 0.789 bits per heavy atom. The van der Waals surface area contributed by atoms with Crippen molar-refractivity contribution >= 4 is 11.8 Å². The third-order valence-electron chi connectivity index (χ3n) is 8.72. The lowest BCUT2D eigenvalue weighted by Gasteiger charge is -2.49. The van der Waals surface area contributed by atoms with Gasteiger partial charge in [0.2, 0.25) is 0 Å². The lowest BCUT2D eigenvalue weighted by atomic mass is 9.54. The van der Waals surface area contributed by atoms with Crippen molar-refractivity contribution in [3.63, 3.8) is 0 Å². The fourth-order valence-corrected chi connectivity index (χ4v) is 7.11. The highest BCUT2D eigenvalue weighted by Gasteiger charge is 2.56. The highest BCUT2D eigenvalue weighted by atomic mass is 16.5. The molecule has 4 nitrogen and oxygen atoms in total. The van der Waals surface area contributed by atoms with Crippen molar-refractivity contribution in [1.82, 2.24) is 0 Å². The highest BCUT2D eigenvalue weighted by Crippen LogP contribution is 2.60. The van der Waals surface area contributed by atoms with Crippen LogP contribution < -0.4 is 0 Å². The van der Waals surface area contributed by atoms with Crippen molar-refractivity contribution < 1.29 is 9.47 Å². The number of hydrogen-bond donors (Lipinski definition) is 0. The van der Waals surface area contributed by atoms with Crippen LogP contribution in [0.1, 0.15) is 57.3 Å². The number of ether oxygens (including phenoxy) is 2. The number of rotatable bonds is 4. The molecule has 186 valence electrons. The van der Waals surface area contributed by atoms with Crippen molar-refractivity contribution in [3.8, 4) is 0 Å². The van der Waals surface area contributed by atoms with Crippen molar-refractivity contribution in [3.05, 3.63) is 143 Å². The van der Waals surface area contributed by atoms with Gasteiger partial charge in [0.15, 0.2) is 11.8 Å². The van der Waals surface area contributed by atoms with Gasteiger partial charge in [-0.05, 0) is 33.4 Å². The first-order chi connectivity index (χ1) is 18.9. The molecule has 0 N–H and O–H groups in total. The van der Waals surface area contributed by atoms with Gasteiger partial charge in [0.05, 0.1) is 11.8 Å². The largest absolute Gasteiger partial charge is 0.478 e. The zero-order chi connectivity index (χ0) is 25.1. The van der Waals surface area contributed by atoms with Gasteiger partial charge in [-0.25, -0.2) is 9.98 Å². The first-order valence-corrected chi connectivity index (χ1v) is 13.6. The lowest BCUT2D eigenvalue weighted by Crippen LogP contribution is -2.47. The maximum absolute atomic E-state index is 6.48. The summed E-state index contributed by atoms with van der Waals surface area (Å²) in [4.78, 5) is 10.5. The molecule has 0 fully saturated rings. The van der Waals surface area contributed by atoms with E-state index in [1.807, 2.05) is 12.1 Å². The summed E-state index contributed by atoms with van der Waals surface area (Å²) < 4.78 is 13.0. The third kappa shape index (κ3) is 3.29. The van der Waals surface area contributed by atoms with Gasteiger partial charge in [-0.1, -0.05) is 109 Å². The number of hydrogen-bond acceptors (Lipinski definition) is 4. The van der Waals surface area contributed by atoms with Crippen LogP contribution in [0.25, 0.3) is 0 Å². The molecule has 4 heteroatoms. The Bertz CT molecular complexity index is 1400. The van der Waals surface area contributed by atoms with E-state index in [4.69, 9.17) is 19.5 Å². The minimum Gasteiger partial charge on any atom is -0.478 e. The van der Waals surface area contributed by atoms with Crippen molar-refractivity contribution in [1.29, 1.82) is 0 Å². The Labute approximate surface area is 222 Å². The van der Waals surface area contributed by atoms with E-state index < -0.39 is 0 Å². The number of nitrogens with zero attached hydrogens (tertiary/aromatic N) is 2. The predicted octanol–water partition coefficient (Wildman–Crippen LogP) is 6.85. The van der Waals surface area contributed by atoms with Gasteiger partial charge < -0.3 is 9.47 Å². The van der Waals surface area contributed by atoms with E-state index in [1.165, 1.54) is 33.4 Å². The molecule has 0 unspecified atom stereocenters. The van der Waals surface area contributed by atoms with Gasteiger partial charge in [-0.3, -0.25) is 0 Å². The average Bonchev–Trinajstić information content (AvgIpc) is 3.69. The molecule has 2 heterocycles. The molecule has 4 aromatic rings. The second-order valence-electron chi connectivity index (χ2n) is 10.7. The molecular weight excluding hydrogens is 468 g/mol. The fourth-order valence-electron chi connectivity index (χ4n) is 7.11. The van der Waals surface area contributed by atoms with Crippen molar-refractivity contribution in [2.75, 3.05) is 13.2 Å². The van der Waals surface area contributed by atoms with E-state index in [0.29, 0.717) is 13.2 Å². The minimum absolute atomic E-state index is 0.0151. The summed E-state index contributed by atoms with van der Waals surface area (Å²) in [6.07, 6.45) is 0. The van der Waals surface area contributed by atoms with Crippen LogP contribution in [0.2, 0.25) is 0 Å². The van der Waals surface area contributed by atoms with E-state index in [1.54, 1.807) is 0 Å². The SMILES string of the molecule is c1ccc([C@@H]2COC([C@@H]3C4c5ccccc5C(c5ccccc54)[C@H]3C3=N[C@H](c4ccccc4)CO3)=N2)cc1.